The predicted molar refractivity (Wildman–Crippen MR) is 97.3 cm³/mol. The molecule has 3 rings (SSSR count). The van der Waals surface area contributed by atoms with Crippen LogP contribution in [0.3, 0.4) is 0 Å². The highest BCUT2D eigenvalue weighted by Gasteiger charge is 2.18. The Morgan fingerprint density at radius 1 is 0.958 bits per heavy atom. The van der Waals surface area contributed by atoms with Gasteiger partial charge in [-0.05, 0) is 17.7 Å². The van der Waals surface area contributed by atoms with Crippen LogP contribution in [0.25, 0.3) is 0 Å². The molecule has 5 nitrogen and oxygen atoms in total. The molecule has 1 amide bonds. The third-order valence-corrected chi connectivity index (χ3v) is 4.06. The van der Waals surface area contributed by atoms with Crippen molar-refractivity contribution in [2.75, 3.05) is 37.6 Å². The fourth-order valence-electron chi connectivity index (χ4n) is 2.76. The van der Waals surface area contributed by atoms with Gasteiger partial charge in [0.25, 0.3) is 5.91 Å². The van der Waals surface area contributed by atoms with E-state index in [9.17, 15) is 4.79 Å². The molecular weight excluding hydrogens is 300 g/mol. The number of hydrogen-bond acceptors (Lipinski definition) is 4. The number of hydrogen-bond donors (Lipinski definition) is 1. The number of benzene rings is 2. The minimum absolute atomic E-state index is 0.0738. The molecule has 0 bridgehead atoms. The lowest BCUT2D eigenvalue weighted by atomic mass is 10.2. The summed E-state index contributed by atoms with van der Waals surface area (Å²) < 4.78 is 0. The Hall–Kier alpha value is -2.66. The van der Waals surface area contributed by atoms with Gasteiger partial charge in [0.2, 0.25) is 0 Å². The smallest absolute Gasteiger partial charge is 0.254 e. The molecule has 0 spiro atoms. The molecule has 0 unspecified atom stereocenters. The van der Waals surface area contributed by atoms with Crippen molar-refractivity contribution in [3.8, 4) is 0 Å². The van der Waals surface area contributed by atoms with Crippen molar-refractivity contribution < 1.29 is 4.79 Å². The average molecular weight is 322 g/mol. The van der Waals surface area contributed by atoms with E-state index in [1.165, 1.54) is 5.69 Å². The first-order chi connectivity index (χ1) is 11.8. The zero-order valence-electron chi connectivity index (χ0n) is 13.6. The molecule has 0 aliphatic carbocycles. The van der Waals surface area contributed by atoms with Gasteiger partial charge in [-0.25, -0.2) is 5.43 Å². The molecule has 1 saturated heterocycles. The predicted octanol–water partition coefficient (Wildman–Crippen LogP) is 1.96. The van der Waals surface area contributed by atoms with Gasteiger partial charge >= 0.3 is 0 Å². The Bertz CT molecular complexity index is 664. The Morgan fingerprint density at radius 2 is 1.58 bits per heavy atom. The van der Waals surface area contributed by atoms with Gasteiger partial charge < -0.3 is 4.90 Å². The molecule has 0 aromatic heterocycles. The van der Waals surface area contributed by atoms with Crippen molar-refractivity contribution in [1.82, 2.24) is 10.3 Å². The van der Waals surface area contributed by atoms with E-state index < -0.39 is 0 Å². The van der Waals surface area contributed by atoms with Gasteiger partial charge in [0.1, 0.15) is 0 Å². The molecule has 24 heavy (non-hydrogen) atoms. The van der Waals surface area contributed by atoms with E-state index in [1.54, 1.807) is 6.21 Å². The fraction of sp³-hybridized carbons (Fsp3) is 0.263. The average Bonchev–Trinajstić information content (AvgIpc) is 2.64. The first-order valence-corrected chi connectivity index (χ1v) is 8.20. The Labute approximate surface area is 142 Å². The molecule has 1 heterocycles. The summed E-state index contributed by atoms with van der Waals surface area (Å²) in [5.41, 5.74) is 4.81. The third-order valence-electron chi connectivity index (χ3n) is 4.06. The number of rotatable bonds is 5. The molecule has 1 fully saturated rings. The Balaban J connectivity index is 1.41. The summed E-state index contributed by atoms with van der Waals surface area (Å²) in [5.74, 6) is -0.0738. The first kappa shape index (κ1) is 16.2. The summed E-state index contributed by atoms with van der Waals surface area (Å²) in [4.78, 5) is 16.5. The normalized spacial score (nSPS) is 15.6. The monoisotopic (exact) mass is 322 g/mol. The van der Waals surface area contributed by atoms with Crippen molar-refractivity contribution in [2.24, 2.45) is 5.10 Å². The summed E-state index contributed by atoms with van der Waals surface area (Å²) in [5, 5.41) is 4.01. The number of para-hydroxylation sites is 1. The van der Waals surface area contributed by atoms with Crippen molar-refractivity contribution in [2.45, 2.75) is 0 Å². The van der Waals surface area contributed by atoms with Crippen LogP contribution in [0.15, 0.2) is 65.8 Å². The van der Waals surface area contributed by atoms with E-state index in [4.69, 9.17) is 0 Å². The number of nitrogens with one attached hydrogen (secondary N) is 1. The van der Waals surface area contributed by atoms with Crippen LogP contribution in [-0.2, 0) is 4.79 Å². The molecule has 0 saturated carbocycles. The molecule has 1 N–H and O–H groups in total. The van der Waals surface area contributed by atoms with Gasteiger partial charge in [0, 0.05) is 31.9 Å². The number of amides is 1. The van der Waals surface area contributed by atoms with Gasteiger partial charge in [0.05, 0.1) is 12.8 Å². The molecule has 1 aliphatic rings. The lowest BCUT2D eigenvalue weighted by molar-refractivity contribution is -0.122. The van der Waals surface area contributed by atoms with Crippen LogP contribution in [0, 0.1) is 0 Å². The van der Waals surface area contributed by atoms with E-state index in [1.807, 2.05) is 36.4 Å². The largest absolute Gasteiger partial charge is 0.369 e. The Morgan fingerprint density at radius 3 is 2.25 bits per heavy atom. The zero-order chi connectivity index (χ0) is 16.6. The number of carbonyl (C=O) groups excluding carboxylic acids is 1. The van der Waals surface area contributed by atoms with Crippen LogP contribution in [-0.4, -0.2) is 49.7 Å². The molecule has 2 aromatic rings. The molecule has 5 heteroatoms. The van der Waals surface area contributed by atoms with Gasteiger partial charge in [-0.1, -0.05) is 48.5 Å². The topological polar surface area (TPSA) is 47.9 Å². The quantitative estimate of drug-likeness (QED) is 0.676. The van der Waals surface area contributed by atoms with Crippen molar-refractivity contribution in [1.29, 1.82) is 0 Å². The van der Waals surface area contributed by atoms with Crippen LogP contribution in [0.4, 0.5) is 5.69 Å². The summed E-state index contributed by atoms with van der Waals surface area (Å²) in [6.45, 7) is 4.01. The maximum atomic E-state index is 12.0. The lowest BCUT2D eigenvalue weighted by Gasteiger charge is -2.35. The van der Waals surface area contributed by atoms with Crippen molar-refractivity contribution in [3.63, 3.8) is 0 Å². The van der Waals surface area contributed by atoms with E-state index in [0.717, 1.165) is 31.7 Å². The number of piperazine rings is 1. The lowest BCUT2D eigenvalue weighted by Crippen LogP contribution is -2.49. The highest BCUT2D eigenvalue weighted by atomic mass is 16.2. The second kappa shape index (κ2) is 8.26. The van der Waals surface area contributed by atoms with Crippen LogP contribution in [0.1, 0.15) is 5.56 Å². The number of anilines is 1. The maximum absolute atomic E-state index is 12.0. The minimum Gasteiger partial charge on any atom is -0.369 e. The van der Waals surface area contributed by atoms with Crippen LogP contribution in [0.2, 0.25) is 0 Å². The van der Waals surface area contributed by atoms with E-state index in [0.29, 0.717) is 6.54 Å². The summed E-state index contributed by atoms with van der Waals surface area (Å²) >= 11 is 0. The molecule has 124 valence electrons. The fourth-order valence-corrected chi connectivity index (χ4v) is 2.76. The molecule has 0 atom stereocenters. The molecular formula is C19H22N4O. The van der Waals surface area contributed by atoms with E-state index in [2.05, 4.69) is 44.6 Å². The maximum Gasteiger partial charge on any atom is 0.254 e. The van der Waals surface area contributed by atoms with Gasteiger partial charge in [-0.15, -0.1) is 0 Å². The van der Waals surface area contributed by atoms with E-state index >= 15 is 0 Å². The number of hydrazone groups is 1. The van der Waals surface area contributed by atoms with Gasteiger partial charge in [-0.2, -0.15) is 5.10 Å². The van der Waals surface area contributed by atoms with Crippen LogP contribution in [0.5, 0.6) is 0 Å². The van der Waals surface area contributed by atoms with Gasteiger partial charge in [0.15, 0.2) is 0 Å². The Kier molecular flexibility index (Phi) is 5.58. The van der Waals surface area contributed by atoms with Crippen molar-refractivity contribution in [3.05, 3.63) is 66.2 Å². The summed E-state index contributed by atoms with van der Waals surface area (Å²) in [7, 11) is 0. The molecule has 0 radical (unpaired) electrons. The summed E-state index contributed by atoms with van der Waals surface area (Å²) in [6.07, 6.45) is 1.66. The second-order valence-electron chi connectivity index (χ2n) is 5.80. The zero-order valence-corrected chi connectivity index (χ0v) is 13.6. The first-order valence-electron chi connectivity index (χ1n) is 8.20. The highest BCUT2D eigenvalue weighted by molar-refractivity contribution is 5.83. The van der Waals surface area contributed by atoms with Crippen LogP contribution >= 0.6 is 0 Å². The number of nitrogens with zero attached hydrogens (tertiary/aromatic N) is 3. The minimum atomic E-state index is -0.0738. The number of carbonyl (C=O) groups is 1. The highest BCUT2D eigenvalue weighted by Crippen LogP contribution is 2.15. The standard InChI is InChI=1S/C19H22N4O/c24-19(21-20-15-17-7-3-1-4-8-17)16-22-11-13-23(14-12-22)18-9-5-2-6-10-18/h1-10,15H,11-14,16H2,(H,21,24)/b20-15+. The van der Waals surface area contributed by atoms with Crippen molar-refractivity contribution >= 4 is 17.8 Å². The molecule has 2 aromatic carbocycles. The SMILES string of the molecule is O=C(CN1CCN(c2ccccc2)CC1)N/N=C/c1ccccc1. The van der Waals surface area contributed by atoms with Gasteiger partial charge in [-0.3, -0.25) is 9.69 Å². The second-order valence-corrected chi connectivity index (χ2v) is 5.80. The summed E-state index contributed by atoms with van der Waals surface area (Å²) in [6, 6.07) is 20.1. The third kappa shape index (κ3) is 4.67. The van der Waals surface area contributed by atoms with Crippen LogP contribution < -0.4 is 10.3 Å². The van der Waals surface area contributed by atoms with E-state index in [-0.39, 0.29) is 5.91 Å². The molecule has 1 aliphatic heterocycles.